The molecule has 0 aliphatic heterocycles. The van der Waals surface area contributed by atoms with Gasteiger partial charge in [-0.1, -0.05) is 12.1 Å². The molecule has 1 aromatic carbocycles. The lowest BCUT2D eigenvalue weighted by atomic mass is 10.2. The lowest BCUT2D eigenvalue weighted by Gasteiger charge is -2.06. The molecule has 0 saturated carbocycles. The molecule has 1 aromatic heterocycles. The second-order valence-corrected chi connectivity index (χ2v) is 4.40. The first-order valence-corrected chi connectivity index (χ1v) is 5.75. The lowest BCUT2D eigenvalue weighted by molar-refractivity contribution is 0.458. The summed E-state index contributed by atoms with van der Waals surface area (Å²) in [6.45, 7) is 1.99. The van der Waals surface area contributed by atoms with Gasteiger partial charge in [-0.3, -0.25) is 0 Å². The van der Waals surface area contributed by atoms with Gasteiger partial charge < -0.3 is 4.74 Å². The van der Waals surface area contributed by atoms with Gasteiger partial charge in [0.05, 0.1) is 4.47 Å². The highest BCUT2D eigenvalue weighted by molar-refractivity contribution is 9.10. The van der Waals surface area contributed by atoms with Crippen molar-refractivity contribution in [3.05, 3.63) is 45.8 Å². The quantitative estimate of drug-likeness (QED) is 0.786. The molecule has 0 fully saturated rings. The fourth-order valence-electron chi connectivity index (χ4n) is 1.19. The normalized spacial score (nSPS) is 10.2. The minimum atomic E-state index is 0.158. The molecule has 0 radical (unpaired) electrons. The van der Waals surface area contributed by atoms with E-state index in [4.69, 9.17) is 16.3 Å². The van der Waals surface area contributed by atoms with E-state index in [-0.39, 0.29) is 5.28 Å². The molecule has 0 aliphatic rings. The Labute approximate surface area is 107 Å². The van der Waals surface area contributed by atoms with Crippen LogP contribution in [0.5, 0.6) is 11.6 Å². The van der Waals surface area contributed by atoms with Crippen LogP contribution in [0.2, 0.25) is 5.28 Å². The van der Waals surface area contributed by atoms with Crippen molar-refractivity contribution < 1.29 is 4.74 Å². The number of aryl methyl sites for hydroxylation is 1. The van der Waals surface area contributed by atoms with Gasteiger partial charge in [0.1, 0.15) is 5.75 Å². The van der Waals surface area contributed by atoms with Gasteiger partial charge in [0.2, 0.25) is 11.2 Å². The van der Waals surface area contributed by atoms with Crippen molar-refractivity contribution in [2.24, 2.45) is 0 Å². The van der Waals surface area contributed by atoms with Crippen LogP contribution in [0.3, 0.4) is 0 Å². The summed E-state index contributed by atoms with van der Waals surface area (Å²) in [5.41, 5.74) is 1.12. The van der Waals surface area contributed by atoms with Crippen LogP contribution in [0, 0.1) is 6.92 Å². The van der Waals surface area contributed by atoms with Crippen molar-refractivity contribution in [2.75, 3.05) is 0 Å². The Hall–Kier alpha value is -1.13. The Bertz CT molecular complexity index is 519. The average Bonchev–Trinajstić information content (AvgIpc) is 2.24. The number of halogens is 2. The Morgan fingerprint density at radius 2 is 2.19 bits per heavy atom. The van der Waals surface area contributed by atoms with E-state index in [0.29, 0.717) is 10.4 Å². The highest BCUT2D eigenvalue weighted by atomic mass is 79.9. The fraction of sp³-hybridized carbons (Fsp3) is 0.0909. The molecule has 0 spiro atoms. The van der Waals surface area contributed by atoms with E-state index in [2.05, 4.69) is 25.9 Å². The van der Waals surface area contributed by atoms with E-state index < -0.39 is 0 Å². The molecule has 5 heteroatoms. The van der Waals surface area contributed by atoms with Crippen molar-refractivity contribution >= 4 is 27.5 Å². The van der Waals surface area contributed by atoms with Crippen LogP contribution in [0.15, 0.2) is 34.9 Å². The van der Waals surface area contributed by atoms with E-state index in [1.165, 1.54) is 0 Å². The molecule has 1 heterocycles. The zero-order valence-electron chi connectivity index (χ0n) is 8.45. The molecular formula is C11H8BrClN2O. The first-order chi connectivity index (χ1) is 7.65. The maximum Gasteiger partial charge on any atom is 0.237 e. The molecule has 0 saturated heterocycles. The molecule has 16 heavy (non-hydrogen) atoms. The SMILES string of the molecule is Cc1cccc(Oc2nc(Cl)ncc2Br)c1. The van der Waals surface area contributed by atoms with E-state index >= 15 is 0 Å². The van der Waals surface area contributed by atoms with Gasteiger partial charge in [0, 0.05) is 6.20 Å². The Kier molecular flexibility index (Phi) is 3.41. The van der Waals surface area contributed by atoms with E-state index in [9.17, 15) is 0 Å². The van der Waals surface area contributed by atoms with Crippen molar-refractivity contribution in [1.82, 2.24) is 9.97 Å². The van der Waals surface area contributed by atoms with Crippen molar-refractivity contribution in [1.29, 1.82) is 0 Å². The van der Waals surface area contributed by atoms with Crippen LogP contribution in [0.25, 0.3) is 0 Å². The van der Waals surface area contributed by atoms with Gasteiger partial charge in [0.15, 0.2) is 0 Å². The number of aromatic nitrogens is 2. The van der Waals surface area contributed by atoms with Gasteiger partial charge in [-0.15, -0.1) is 0 Å². The molecule has 0 N–H and O–H groups in total. The molecule has 82 valence electrons. The standard InChI is InChI=1S/C11H8BrClN2O/c1-7-3-2-4-8(5-7)16-10-9(12)6-14-11(13)15-10/h2-6H,1H3. The zero-order chi connectivity index (χ0) is 11.5. The topological polar surface area (TPSA) is 35.0 Å². The summed E-state index contributed by atoms with van der Waals surface area (Å²) in [4.78, 5) is 7.81. The first-order valence-electron chi connectivity index (χ1n) is 4.58. The number of nitrogens with zero attached hydrogens (tertiary/aromatic N) is 2. The van der Waals surface area contributed by atoms with E-state index in [1.807, 2.05) is 31.2 Å². The van der Waals surface area contributed by atoms with Gasteiger partial charge in [0.25, 0.3) is 0 Å². The van der Waals surface area contributed by atoms with Crippen molar-refractivity contribution in [2.45, 2.75) is 6.92 Å². The van der Waals surface area contributed by atoms with Crippen molar-refractivity contribution in [3.63, 3.8) is 0 Å². The minimum absolute atomic E-state index is 0.158. The predicted molar refractivity (Wildman–Crippen MR) is 66.0 cm³/mol. The molecule has 0 bridgehead atoms. The van der Waals surface area contributed by atoms with Gasteiger partial charge in [-0.25, -0.2) is 4.98 Å². The predicted octanol–water partition coefficient (Wildman–Crippen LogP) is 3.99. The summed E-state index contributed by atoms with van der Waals surface area (Å²) in [5, 5.41) is 0.158. The minimum Gasteiger partial charge on any atom is -0.438 e. The average molecular weight is 300 g/mol. The lowest BCUT2D eigenvalue weighted by Crippen LogP contribution is -1.91. The maximum absolute atomic E-state index is 5.69. The molecule has 0 unspecified atom stereocenters. The second kappa shape index (κ2) is 4.80. The monoisotopic (exact) mass is 298 g/mol. The Morgan fingerprint density at radius 3 is 2.94 bits per heavy atom. The molecular weight excluding hydrogens is 291 g/mol. The number of ether oxygens (including phenoxy) is 1. The Morgan fingerprint density at radius 1 is 1.38 bits per heavy atom. The number of hydrogen-bond acceptors (Lipinski definition) is 3. The second-order valence-electron chi connectivity index (χ2n) is 3.21. The van der Waals surface area contributed by atoms with Gasteiger partial charge >= 0.3 is 0 Å². The number of benzene rings is 1. The van der Waals surface area contributed by atoms with Crippen LogP contribution in [-0.2, 0) is 0 Å². The fourth-order valence-corrected chi connectivity index (χ4v) is 1.59. The van der Waals surface area contributed by atoms with E-state index in [1.54, 1.807) is 6.20 Å². The summed E-state index contributed by atoms with van der Waals surface area (Å²) in [6.07, 6.45) is 1.56. The van der Waals surface area contributed by atoms with Crippen LogP contribution in [0.1, 0.15) is 5.56 Å². The Balaban J connectivity index is 2.30. The van der Waals surface area contributed by atoms with E-state index in [0.717, 1.165) is 11.3 Å². The zero-order valence-corrected chi connectivity index (χ0v) is 10.8. The van der Waals surface area contributed by atoms with Gasteiger partial charge in [-0.05, 0) is 52.2 Å². The largest absolute Gasteiger partial charge is 0.438 e. The summed E-state index contributed by atoms with van der Waals surface area (Å²) < 4.78 is 6.25. The van der Waals surface area contributed by atoms with Crippen molar-refractivity contribution in [3.8, 4) is 11.6 Å². The molecule has 0 atom stereocenters. The smallest absolute Gasteiger partial charge is 0.237 e. The molecule has 0 amide bonds. The first kappa shape index (κ1) is 11.4. The van der Waals surface area contributed by atoms with Crippen LogP contribution >= 0.6 is 27.5 Å². The van der Waals surface area contributed by atoms with Crippen LogP contribution in [-0.4, -0.2) is 9.97 Å². The highest BCUT2D eigenvalue weighted by Gasteiger charge is 2.06. The van der Waals surface area contributed by atoms with Crippen LogP contribution < -0.4 is 4.74 Å². The third-order valence-electron chi connectivity index (χ3n) is 1.89. The number of hydrogen-bond donors (Lipinski definition) is 0. The molecule has 2 rings (SSSR count). The molecule has 0 aliphatic carbocycles. The summed E-state index contributed by atoms with van der Waals surface area (Å²) in [5.74, 6) is 1.13. The highest BCUT2D eigenvalue weighted by Crippen LogP contribution is 2.28. The molecule has 3 nitrogen and oxygen atoms in total. The summed E-state index contributed by atoms with van der Waals surface area (Å²) in [6, 6.07) is 7.69. The number of rotatable bonds is 2. The third kappa shape index (κ3) is 2.71. The third-order valence-corrected chi connectivity index (χ3v) is 2.61. The molecule has 2 aromatic rings. The van der Waals surface area contributed by atoms with Gasteiger partial charge in [-0.2, -0.15) is 4.98 Å². The summed E-state index contributed by atoms with van der Waals surface area (Å²) >= 11 is 8.99. The van der Waals surface area contributed by atoms with Crippen LogP contribution in [0.4, 0.5) is 0 Å². The summed E-state index contributed by atoms with van der Waals surface area (Å²) in [7, 11) is 0. The maximum atomic E-state index is 5.69.